The molecule has 0 aliphatic carbocycles. The molecule has 0 saturated heterocycles. The van der Waals surface area contributed by atoms with Crippen molar-refractivity contribution in [1.82, 2.24) is 5.32 Å². The molecular weight excluding hydrogens is 570 g/mol. The molecule has 0 radical (unpaired) electrons. The third-order valence-electron chi connectivity index (χ3n) is 6.26. The molecule has 0 unspecified atom stereocenters. The van der Waals surface area contributed by atoms with E-state index in [9.17, 15) is 14.4 Å². The van der Waals surface area contributed by atoms with Crippen molar-refractivity contribution in [2.24, 2.45) is 5.73 Å². The third kappa shape index (κ3) is 9.11. The molecule has 0 heterocycles. The normalized spacial score (nSPS) is 10.9. The van der Waals surface area contributed by atoms with Gasteiger partial charge in [-0.3, -0.25) is 14.9 Å². The van der Waals surface area contributed by atoms with Gasteiger partial charge in [-0.2, -0.15) is 0 Å². The van der Waals surface area contributed by atoms with E-state index in [1.54, 1.807) is 87.0 Å². The lowest BCUT2D eigenvalue weighted by Gasteiger charge is -2.12. The highest BCUT2D eigenvalue weighted by Gasteiger charge is 2.15. The molecule has 43 heavy (non-hydrogen) atoms. The number of anilines is 1. The number of carbonyl (C=O) groups is 3. The van der Waals surface area contributed by atoms with Crippen molar-refractivity contribution in [2.45, 2.75) is 12.8 Å². The average Bonchev–Trinajstić information content (AvgIpc) is 3.00. The van der Waals surface area contributed by atoms with Crippen molar-refractivity contribution in [3.05, 3.63) is 113 Å². The fourth-order valence-electron chi connectivity index (χ4n) is 4.11. The maximum absolute atomic E-state index is 13.5. The summed E-state index contributed by atoms with van der Waals surface area (Å²) >= 11 is 6.00. The monoisotopic (exact) mass is 599 g/mol. The van der Waals surface area contributed by atoms with E-state index in [2.05, 4.69) is 5.32 Å². The summed E-state index contributed by atoms with van der Waals surface area (Å²) in [4.78, 5) is 35.9. The Labute approximate surface area is 254 Å². The summed E-state index contributed by atoms with van der Waals surface area (Å²) in [5, 5.41) is 5.53. The zero-order valence-electron chi connectivity index (χ0n) is 23.6. The topological polar surface area (TPSA) is 129 Å². The molecule has 0 spiro atoms. The van der Waals surface area contributed by atoms with Gasteiger partial charge in [0, 0.05) is 28.8 Å². The minimum absolute atomic E-state index is 0.134. The summed E-state index contributed by atoms with van der Waals surface area (Å²) in [6, 6.07) is 25.7. The maximum atomic E-state index is 13.5. The van der Waals surface area contributed by atoms with Gasteiger partial charge >= 0.3 is 6.03 Å². The highest BCUT2D eigenvalue weighted by Crippen LogP contribution is 2.29. The molecule has 0 bridgehead atoms. The maximum Gasteiger partial charge on any atom is 0.318 e. The predicted molar refractivity (Wildman–Crippen MR) is 167 cm³/mol. The Kier molecular flexibility index (Phi) is 10.4. The molecule has 0 fully saturated rings. The number of carbonyl (C=O) groups excluding carboxylic acids is 3. The Balaban J connectivity index is 1.54. The molecule has 0 aromatic heterocycles. The molecule has 4 amide bonds. The van der Waals surface area contributed by atoms with E-state index in [0.717, 1.165) is 5.56 Å². The minimum Gasteiger partial charge on any atom is -0.497 e. The van der Waals surface area contributed by atoms with Crippen molar-refractivity contribution in [3.8, 4) is 23.0 Å². The fraction of sp³-hybridized carbons (Fsp3) is 0.121. The van der Waals surface area contributed by atoms with Gasteiger partial charge < -0.3 is 25.3 Å². The number of ether oxygens (including phenoxy) is 3. The number of imide groups is 1. The Hall–Kier alpha value is -5.28. The molecule has 0 atom stereocenters. The summed E-state index contributed by atoms with van der Waals surface area (Å²) in [7, 11) is 3.13. The van der Waals surface area contributed by atoms with Crippen molar-refractivity contribution in [2.75, 3.05) is 19.5 Å². The molecule has 0 aliphatic heterocycles. The SMILES string of the molecule is COc1cc(C=C(C(=O)Nc2ccc(Cl)cc2)c2ccc(Oc3ccc(CCC(=O)NC(N)=O)cc3)cc2)cc(OC)c1. The third-order valence-corrected chi connectivity index (χ3v) is 6.51. The van der Waals surface area contributed by atoms with Crippen LogP contribution < -0.4 is 30.6 Å². The molecule has 0 aliphatic rings. The van der Waals surface area contributed by atoms with Crippen LogP contribution >= 0.6 is 11.6 Å². The van der Waals surface area contributed by atoms with E-state index in [1.807, 2.05) is 29.6 Å². The summed E-state index contributed by atoms with van der Waals surface area (Å²) in [5.41, 5.74) is 8.24. The van der Waals surface area contributed by atoms with E-state index in [-0.39, 0.29) is 12.3 Å². The quantitative estimate of drug-likeness (QED) is 0.134. The Morgan fingerprint density at radius 2 is 1.37 bits per heavy atom. The van der Waals surface area contributed by atoms with Gasteiger partial charge in [-0.1, -0.05) is 35.9 Å². The molecule has 9 nitrogen and oxygen atoms in total. The van der Waals surface area contributed by atoms with E-state index in [1.165, 1.54) is 0 Å². The summed E-state index contributed by atoms with van der Waals surface area (Å²) in [5.74, 6) is 1.58. The van der Waals surface area contributed by atoms with Crippen LogP contribution in [0.1, 0.15) is 23.1 Å². The average molecular weight is 600 g/mol. The lowest BCUT2D eigenvalue weighted by Crippen LogP contribution is -2.35. The van der Waals surface area contributed by atoms with Crippen LogP contribution in [0.3, 0.4) is 0 Å². The molecule has 4 aromatic rings. The van der Waals surface area contributed by atoms with Crippen LogP contribution in [0.4, 0.5) is 10.5 Å². The molecule has 0 saturated carbocycles. The second-order valence-electron chi connectivity index (χ2n) is 9.35. The number of nitrogens with one attached hydrogen (secondary N) is 2. The number of halogens is 1. The highest BCUT2D eigenvalue weighted by molar-refractivity contribution is 6.31. The number of amides is 4. The van der Waals surface area contributed by atoms with Crippen LogP contribution in [0.5, 0.6) is 23.0 Å². The molecule has 220 valence electrons. The largest absolute Gasteiger partial charge is 0.497 e. The van der Waals surface area contributed by atoms with Crippen LogP contribution in [0.2, 0.25) is 5.02 Å². The molecular formula is C33H30ClN3O6. The predicted octanol–water partition coefficient (Wildman–Crippen LogP) is 6.46. The zero-order chi connectivity index (χ0) is 30.8. The number of nitrogens with two attached hydrogens (primary N) is 1. The van der Waals surface area contributed by atoms with Crippen LogP contribution in [0.15, 0.2) is 91.0 Å². The van der Waals surface area contributed by atoms with Gasteiger partial charge in [0.25, 0.3) is 5.91 Å². The number of hydrogen-bond acceptors (Lipinski definition) is 6. The molecule has 10 heteroatoms. The Bertz CT molecular complexity index is 1600. The summed E-state index contributed by atoms with van der Waals surface area (Å²) in [6.07, 6.45) is 2.34. The number of rotatable bonds is 11. The van der Waals surface area contributed by atoms with Crippen molar-refractivity contribution >= 4 is 46.8 Å². The number of urea groups is 1. The van der Waals surface area contributed by atoms with Crippen LogP contribution in [0, 0.1) is 0 Å². The Morgan fingerprint density at radius 3 is 1.93 bits per heavy atom. The van der Waals surface area contributed by atoms with Gasteiger partial charge in [0.05, 0.1) is 14.2 Å². The number of aryl methyl sites for hydroxylation is 1. The van der Waals surface area contributed by atoms with E-state index in [4.69, 9.17) is 31.5 Å². The van der Waals surface area contributed by atoms with Gasteiger partial charge in [0.15, 0.2) is 0 Å². The summed E-state index contributed by atoms with van der Waals surface area (Å²) < 4.78 is 16.8. The minimum atomic E-state index is -0.870. The first-order valence-electron chi connectivity index (χ1n) is 13.2. The van der Waals surface area contributed by atoms with Crippen LogP contribution in [-0.2, 0) is 16.0 Å². The van der Waals surface area contributed by atoms with Crippen LogP contribution in [0.25, 0.3) is 11.6 Å². The molecule has 4 rings (SSSR count). The summed E-state index contributed by atoms with van der Waals surface area (Å²) in [6.45, 7) is 0. The lowest BCUT2D eigenvalue weighted by atomic mass is 10.0. The van der Waals surface area contributed by atoms with Gasteiger partial charge in [-0.05, 0) is 89.9 Å². The fourth-order valence-corrected chi connectivity index (χ4v) is 4.24. The number of primary amides is 1. The first-order chi connectivity index (χ1) is 20.7. The van der Waals surface area contributed by atoms with E-state index < -0.39 is 11.9 Å². The second kappa shape index (κ2) is 14.6. The number of hydrogen-bond donors (Lipinski definition) is 3. The van der Waals surface area contributed by atoms with Crippen molar-refractivity contribution in [1.29, 1.82) is 0 Å². The first kappa shape index (κ1) is 30.7. The first-order valence-corrected chi connectivity index (χ1v) is 13.6. The van der Waals surface area contributed by atoms with Crippen molar-refractivity contribution < 1.29 is 28.6 Å². The standard InChI is InChI=1S/C33H30ClN3O6/c1-41-28-17-22(18-29(20-28)42-2)19-30(32(39)36-25-10-8-24(34)9-11-25)23-6-14-27(15-7-23)43-26-12-3-21(4-13-26)5-16-31(38)37-33(35)40/h3-4,6-15,17-20H,5,16H2,1-2H3,(H,36,39)(H3,35,37,38,40). The number of methoxy groups -OCH3 is 2. The lowest BCUT2D eigenvalue weighted by molar-refractivity contribution is -0.120. The van der Waals surface area contributed by atoms with Gasteiger partial charge in [0.2, 0.25) is 5.91 Å². The molecule has 4 N–H and O–H groups in total. The smallest absolute Gasteiger partial charge is 0.318 e. The van der Waals surface area contributed by atoms with Gasteiger partial charge in [0.1, 0.15) is 23.0 Å². The second-order valence-corrected chi connectivity index (χ2v) is 9.78. The zero-order valence-corrected chi connectivity index (χ0v) is 24.3. The number of benzene rings is 4. The van der Waals surface area contributed by atoms with Crippen molar-refractivity contribution in [3.63, 3.8) is 0 Å². The Morgan fingerprint density at radius 1 is 0.791 bits per heavy atom. The van der Waals surface area contributed by atoms with E-state index >= 15 is 0 Å². The van der Waals surface area contributed by atoms with Gasteiger partial charge in [-0.25, -0.2) is 4.79 Å². The molecule has 4 aromatic carbocycles. The van der Waals surface area contributed by atoms with E-state index in [0.29, 0.717) is 56.8 Å². The highest BCUT2D eigenvalue weighted by atomic mass is 35.5. The van der Waals surface area contributed by atoms with Gasteiger partial charge in [-0.15, -0.1) is 0 Å². The van der Waals surface area contributed by atoms with Crippen LogP contribution in [-0.4, -0.2) is 32.1 Å².